The summed E-state index contributed by atoms with van der Waals surface area (Å²) < 4.78 is 1.70. The molecule has 70 valence electrons. The highest BCUT2D eigenvalue weighted by atomic mass is 32.1. The van der Waals surface area contributed by atoms with Crippen molar-refractivity contribution >= 4 is 23.0 Å². The lowest BCUT2D eigenvalue weighted by molar-refractivity contribution is 0.767. The number of aromatic nitrogens is 2. The quantitative estimate of drug-likeness (QED) is 0.397. The predicted octanol–water partition coefficient (Wildman–Crippen LogP) is -0.0227. The molecule has 13 heavy (non-hydrogen) atoms. The predicted molar refractivity (Wildman–Crippen MR) is 55.3 cm³/mol. The van der Waals surface area contributed by atoms with Crippen molar-refractivity contribution in [3.63, 3.8) is 0 Å². The highest BCUT2D eigenvalue weighted by molar-refractivity contribution is 7.80. The molecule has 0 radical (unpaired) electrons. The van der Waals surface area contributed by atoms with Gasteiger partial charge >= 0.3 is 0 Å². The molecule has 3 N–H and O–H groups in total. The minimum Gasteiger partial charge on any atom is -0.375 e. The summed E-state index contributed by atoms with van der Waals surface area (Å²) in [6, 6.07) is 0. The van der Waals surface area contributed by atoms with E-state index in [1.54, 1.807) is 10.9 Å². The molecule has 0 atom stereocenters. The minimum atomic E-state index is 0.156. The van der Waals surface area contributed by atoms with Crippen LogP contribution in [0, 0.1) is 0 Å². The fourth-order valence-electron chi connectivity index (χ4n) is 0.812. The van der Waals surface area contributed by atoms with Crippen LogP contribution in [0.5, 0.6) is 0 Å². The van der Waals surface area contributed by atoms with Crippen molar-refractivity contribution in [3.05, 3.63) is 18.0 Å². The lowest BCUT2D eigenvalue weighted by atomic mass is 10.2. The SMILES string of the molecule is C/C(=N\NC(N)=S)c1cnn(C)c1. The Morgan fingerprint density at radius 2 is 2.46 bits per heavy atom. The molecule has 6 heteroatoms. The average molecular weight is 197 g/mol. The van der Waals surface area contributed by atoms with E-state index in [1.807, 2.05) is 20.2 Å². The molecule has 1 heterocycles. The standard InChI is InChI=1S/C7H11N5S/c1-5(10-11-7(8)13)6-3-9-12(2)4-6/h3-4H,1-2H3,(H3,8,11,13)/b10-5+. The average Bonchev–Trinajstić information content (AvgIpc) is 2.47. The number of aryl methyl sites for hydroxylation is 1. The molecule has 5 nitrogen and oxygen atoms in total. The van der Waals surface area contributed by atoms with Crippen LogP contribution >= 0.6 is 12.2 Å². The van der Waals surface area contributed by atoms with Gasteiger partial charge in [-0.25, -0.2) is 0 Å². The molecule has 0 fully saturated rings. The number of hydrazone groups is 1. The highest BCUT2D eigenvalue weighted by Gasteiger charge is 1.99. The molecular weight excluding hydrogens is 186 g/mol. The topological polar surface area (TPSA) is 68.2 Å². The Bertz CT molecular complexity index is 340. The second-order valence-corrected chi connectivity index (χ2v) is 3.02. The first-order valence-corrected chi connectivity index (χ1v) is 4.09. The lowest BCUT2D eigenvalue weighted by Crippen LogP contribution is -2.25. The number of hydrogen-bond acceptors (Lipinski definition) is 3. The van der Waals surface area contributed by atoms with E-state index in [-0.39, 0.29) is 5.11 Å². The molecule has 0 aliphatic carbocycles. The van der Waals surface area contributed by atoms with Gasteiger partial charge in [-0.3, -0.25) is 10.1 Å². The second kappa shape index (κ2) is 3.99. The summed E-state index contributed by atoms with van der Waals surface area (Å²) in [5.41, 5.74) is 9.46. The normalized spacial score (nSPS) is 11.4. The van der Waals surface area contributed by atoms with Gasteiger partial charge in [0.1, 0.15) is 0 Å². The van der Waals surface area contributed by atoms with Crippen molar-refractivity contribution in [3.8, 4) is 0 Å². The Labute approximate surface area is 81.6 Å². The minimum absolute atomic E-state index is 0.156. The Hall–Kier alpha value is -1.43. The van der Waals surface area contributed by atoms with Gasteiger partial charge in [0, 0.05) is 18.8 Å². The summed E-state index contributed by atoms with van der Waals surface area (Å²) in [6.07, 6.45) is 3.58. The maximum atomic E-state index is 5.22. The fourth-order valence-corrected chi connectivity index (χ4v) is 0.857. The third-order valence-corrected chi connectivity index (χ3v) is 1.55. The zero-order valence-electron chi connectivity index (χ0n) is 7.48. The molecule has 0 aromatic carbocycles. The van der Waals surface area contributed by atoms with Crippen LogP contribution in [-0.2, 0) is 7.05 Å². The van der Waals surface area contributed by atoms with Crippen LogP contribution in [0.2, 0.25) is 0 Å². The maximum absolute atomic E-state index is 5.22. The van der Waals surface area contributed by atoms with Crippen LogP contribution in [0.1, 0.15) is 12.5 Å². The number of nitrogens with one attached hydrogen (secondary N) is 1. The van der Waals surface area contributed by atoms with Crippen molar-refractivity contribution in [2.45, 2.75) is 6.92 Å². The van der Waals surface area contributed by atoms with Gasteiger partial charge in [-0.05, 0) is 19.1 Å². The summed E-state index contributed by atoms with van der Waals surface area (Å²) >= 11 is 4.61. The molecule has 0 spiro atoms. The van der Waals surface area contributed by atoms with E-state index < -0.39 is 0 Å². The zero-order valence-corrected chi connectivity index (χ0v) is 8.30. The molecule has 0 bridgehead atoms. The Morgan fingerprint density at radius 1 is 1.77 bits per heavy atom. The van der Waals surface area contributed by atoms with Crippen LogP contribution < -0.4 is 11.2 Å². The summed E-state index contributed by atoms with van der Waals surface area (Å²) in [4.78, 5) is 0. The monoisotopic (exact) mass is 197 g/mol. The van der Waals surface area contributed by atoms with E-state index in [2.05, 4.69) is 27.8 Å². The van der Waals surface area contributed by atoms with Crippen molar-refractivity contribution in [2.24, 2.45) is 17.9 Å². The molecule has 0 aliphatic heterocycles. The first-order chi connectivity index (χ1) is 6.09. The van der Waals surface area contributed by atoms with E-state index in [0.717, 1.165) is 11.3 Å². The lowest BCUT2D eigenvalue weighted by Gasteiger charge is -1.97. The van der Waals surface area contributed by atoms with E-state index >= 15 is 0 Å². The number of nitrogens with two attached hydrogens (primary N) is 1. The first kappa shape index (κ1) is 9.66. The molecule has 0 saturated carbocycles. The molecule has 0 aliphatic rings. The molecular formula is C7H11N5S. The van der Waals surface area contributed by atoms with Gasteiger partial charge in [-0.15, -0.1) is 0 Å². The van der Waals surface area contributed by atoms with Gasteiger partial charge < -0.3 is 5.73 Å². The van der Waals surface area contributed by atoms with Crippen LogP contribution in [0.25, 0.3) is 0 Å². The first-order valence-electron chi connectivity index (χ1n) is 3.68. The summed E-state index contributed by atoms with van der Waals surface area (Å²) in [7, 11) is 1.85. The van der Waals surface area contributed by atoms with Crippen LogP contribution in [0.3, 0.4) is 0 Å². The van der Waals surface area contributed by atoms with E-state index in [9.17, 15) is 0 Å². The molecule has 0 unspecified atom stereocenters. The molecule has 1 rings (SSSR count). The molecule has 0 amide bonds. The Morgan fingerprint density at radius 3 is 2.92 bits per heavy atom. The smallest absolute Gasteiger partial charge is 0.184 e. The number of thiocarbonyl (C=S) groups is 1. The van der Waals surface area contributed by atoms with Crippen LogP contribution in [-0.4, -0.2) is 20.6 Å². The van der Waals surface area contributed by atoms with Gasteiger partial charge in [0.2, 0.25) is 0 Å². The van der Waals surface area contributed by atoms with Gasteiger partial charge in [-0.1, -0.05) is 0 Å². The van der Waals surface area contributed by atoms with Crippen molar-refractivity contribution < 1.29 is 0 Å². The number of nitrogens with zero attached hydrogens (tertiary/aromatic N) is 3. The van der Waals surface area contributed by atoms with E-state index in [0.29, 0.717) is 0 Å². The van der Waals surface area contributed by atoms with Gasteiger partial charge in [-0.2, -0.15) is 10.2 Å². The van der Waals surface area contributed by atoms with E-state index in [4.69, 9.17) is 5.73 Å². The zero-order chi connectivity index (χ0) is 9.84. The maximum Gasteiger partial charge on any atom is 0.184 e. The fraction of sp³-hybridized carbons (Fsp3) is 0.286. The van der Waals surface area contributed by atoms with Crippen LogP contribution in [0.4, 0.5) is 0 Å². The van der Waals surface area contributed by atoms with Gasteiger partial charge in [0.05, 0.1) is 11.9 Å². The van der Waals surface area contributed by atoms with Crippen molar-refractivity contribution in [1.82, 2.24) is 15.2 Å². The van der Waals surface area contributed by atoms with Crippen LogP contribution in [0.15, 0.2) is 17.5 Å². The number of rotatable bonds is 2. The Balaban J connectivity index is 2.72. The second-order valence-electron chi connectivity index (χ2n) is 2.58. The Kier molecular flexibility index (Phi) is 2.97. The largest absolute Gasteiger partial charge is 0.375 e. The van der Waals surface area contributed by atoms with Crippen molar-refractivity contribution in [1.29, 1.82) is 0 Å². The molecule has 0 saturated heterocycles. The van der Waals surface area contributed by atoms with Gasteiger partial charge in [0.25, 0.3) is 0 Å². The molecule has 1 aromatic rings. The third kappa shape index (κ3) is 2.83. The molecule has 1 aromatic heterocycles. The summed E-state index contributed by atoms with van der Waals surface area (Å²) in [6.45, 7) is 1.85. The van der Waals surface area contributed by atoms with E-state index in [1.165, 1.54) is 0 Å². The highest BCUT2D eigenvalue weighted by Crippen LogP contribution is 1.97. The van der Waals surface area contributed by atoms with Gasteiger partial charge in [0.15, 0.2) is 5.11 Å². The third-order valence-electron chi connectivity index (χ3n) is 1.46. The summed E-state index contributed by atoms with van der Waals surface area (Å²) in [5, 5.41) is 8.12. The summed E-state index contributed by atoms with van der Waals surface area (Å²) in [5.74, 6) is 0. The van der Waals surface area contributed by atoms with Crippen molar-refractivity contribution in [2.75, 3.05) is 0 Å². The number of hydrogen-bond donors (Lipinski definition) is 2.